The van der Waals surface area contributed by atoms with Gasteiger partial charge in [0.2, 0.25) is 0 Å². The van der Waals surface area contributed by atoms with E-state index in [0.717, 1.165) is 83.8 Å². The summed E-state index contributed by atoms with van der Waals surface area (Å²) in [5, 5.41) is 30.3. The van der Waals surface area contributed by atoms with E-state index in [4.69, 9.17) is 38.1 Å². The van der Waals surface area contributed by atoms with E-state index >= 15 is 0 Å². The number of benzene rings is 1. The Hall–Kier alpha value is 2.07. The fourth-order valence-corrected chi connectivity index (χ4v) is 2.78. The first-order valence-electron chi connectivity index (χ1n) is 22.6. The molecule has 0 aliphatic carbocycles. The van der Waals surface area contributed by atoms with Gasteiger partial charge in [0.05, 0.1) is 39.8 Å². The molecule has 1 unspecified atom stereocenters. The van der Waals surface area contributed by atoms with Crippen LogP contribution in [0, 0.1) is 0 Å². The van der Waals surface area contributed by atoms with Crippen molar-refractivity contribution in [3.8, 4) is 0 Å². The molecular weight excluding hydrogens is 1050 g/mol. The summed E-state index contributed by atoms with van der Waals surface area (Å²) in [4.78, 5) is 43.3. The van der Waals surface area contributed by atoms with Crippen LogP contribution < -0.4 is 199 Å². The minimum absolute atomic E-state index is 0. The van der Waals surface area contributed by atoms with Gasteiger partial charge in [-0.1, -0.05) is 138 Å². The monoisotopic (exact) mass is 1150 g/mol. The molecule has 1 aromatic rings. The molecule has 15 nitrogen and oxygen atoms in total. The molecule has 0 spiro atoms. The molecule has 0 aromatic heterocycles. The molecule has 0 radical (unpaired) electrons. The Balaban J connectivity index is -0.0000000303. The average molecular weight is 1150 g/mol. The van der Waals surface area contributed by atoms with Crippen LogP contribution in [0.2, 0.25) is 0 Å². The molecule has 0 N–H and O–H groups in total. The quantitative estimate of drug-likeness (QED) is 0.0874. The van der Waals surface area contributed by atoms with E-state index in [1.165, 1.54) is 20.1 Å². The van der Waals surface area contributed by atoms with Gasteiger partial charge in [0.25, 0.3) is 0 Å². The summed E-state index contributed by atoms with van der Waals surface area (Å²) in [7, 11) is 1.56. The SMILES string of the molecule is C/C=C/C.C=CCC1OCCCO1.C=COC.C=O.C=O.CC(C)(C)[O-].CC(C)(C)[O-].CC(C)(C)[O-].CC=CC.CC=O.CC=O.CCCC1OCCCO1.CCCC=O.O=S([O-])c1ccccc1.[H+].[H+].[HH].[K+].[K+].[K+].[Na+]. The van der Waals surface area contributed by atoms with Crippen LogP contribution in [0.1, 0.15) is 167 Å². The predicted molar refractivity (Wildman–Crippen MR) is 284 cm³/mol. The summed E-state index contributed by atoms with van der Waals surface area (Å²) in [5.41, 5.74) is -2.25. The van der Waals surface area contributed by atoms with Gasteiger partial charge >= 0.3 is 187 Å². The molecule has 1 aromatic carbocycles. The number of aldehydes is 3. The summed E-state index contributed by atoms with van der Waals surface area (Å²) >= 11 is -2.08. The van der Waals surface area contributed by atoms with Gasteiger partial charge in [-0.05, 0) is 90.4 Å². The van der Waals surface area contributed by atoms with Crippen molar-refractivity contribution >= 4 is 43.5 Å². The number of ether oxygens (including phenoxy) is 5. The summed E-state index contributed by atoms with van der Waals surface area (Å²) in [6, 6.07) is 8.23. The molecule has 1 atom stereocenters. The summed E-state index contributed by atoms with van der Waals surface area (Å²) in [6.07, 6.45) is 20.5. The van der Waals surface area contributed by atoms with Crippen molar-refractivity contribution in [2.45, 2.75) is 197 Å². The van der Waals surface area contributed by atoms with Crippen LogP contribution in [0.25, 0.3) is 0 Å². The number of hydrogen-bond donors (Lipinski definition) is 0. The van der Waals surface area contributed by atoms with Gasteiger partial charge in [-0.25, -0.2) is 0 Å². The molecule has 2 aliphatic heterocycles. The first kappa shape index (κ1) is 114. The Morgan fingerprint density at radius 1 is 0.644 bits per heavy atom. The van der Waals surface area contributed by atoms with Crippen molar-refractivity contribution in [1.82, 2.24) is 0 Å². The zero-order chi connectivity index (χ0) is 57.0. The van der Waals surface area contributed by atoms with Gasteiger partial charge < -0.3 is 67.5 Å². The van der Waals surface area contributed by atoms with Gasteiger partial charge in [-0.15, -0.1) is 23.4 Å². The second-order valence-electron chi connectivity index (χ2n) is 15.4. The molecule has 2 heterocycles. The van der Waals surface area contributed by atoms with E-state index in [2.05, 4.69) is 24.8 Å². The molecule has 3 rings (SSSR count). The minimum Gasteiger partial charge on any atom is -0.850 e. The van der Waals surface area contributed by atoms with Crippen molar-refractivity contribution in [1.29, 1.82) is 0 Å². The third-order valence-electron chi connectivity index (χ3n) is 4.85. The van der Waals surface area contributed by atoms with Crippen molar-refractivity contribution in [3.63, 3.8) is 0 Å². The summed E-state index contributed by atoms with van der Waals surface area (Å²) in [5.74, 6) is 0. The molecule has 0 amide bonds. The van der Waals surface area contributed by atoms with E-state index in [-0.39, 0.29) is 201 Å². The second kappa shape index (κ2) is 103. The van der Waals surface area contributed by atoms with E-state index in [0.29, 0.717) is 11.3 Å². The molecule has 2 fully saturated rings. The Labute approximate surface area is 604 Å². The van der Waals surface area contributed by atoms with Crippen LogP contribution >= 0.6 is 0 Å². The number of allylic oxidation sites excluding steroid dienone is 4. The molecule has 2 aliphatic rings. The van der Waals surface area contributed by atoms with Gasteiger partial charge in [0.1, 0.15) is 32.4 Å². The van der Waals surface area contributed by atoms with Crippen molar-refractivity contribution in [2.75, 3.05) is 33.5 Å². The van der Waals surface area contributed by atoms with Crippen molar-refractivity contribution in [3.05, 3.63) is 80.1 Å². The maximum atomic E-state index is 10.2. The zero-order valence-electron chi connectivity index (χ0n) is 52.4. The third kappa shape index (κ3) is 228. The fraction of sp³-hybridized carbons (Fsp3) is 0.642. The molecule has 0 saturated carbocycles. The molecule has 414 valence electrons. The number of hydrogen-bond acceptors (Lipinski definition) is 15. The minimum atomic E-state index is -2.08. The Kier molecular flexibility index (Phi) is 160. The predicted octanol–water partition coefficient (Wildman–Crippen LogP) is -2.31. The number of rotatable bonds is 8. The topological polar surface area (TPSA) is 241 Å². The van der Waals surface area contributed by atoms with Crippen LogP contribution in [0.5, 0.6) is 0 Å². The molecular formula is C53H104K3NaO15S+2. The number of unbranched alkanes of at least 4 members (excludes halogenated alkanes) is 1. The summed E-state index contributed by atoms with van der Waals surface area (Å²) < 4.78 is 45.7. The van der Waals surface area contributed by atoms with Crippen LogP contribution in [0.15, 0.2) is 85.0 Å². The van der Waals surface area contributed by atoms with E-state index in [1.54, 1.807) is 99.8 Å². The van der Waals surface area contributed by atoms with E-state index in [1.807, 2.05) is 78.6 Å². The van der Waals surface area contributed by atoms with Crippen molar-refractivity contribution < 1.29 is 260 Å². The maximum absolute atomic E-state index is 10.2. The number of methoxy groups -OCH3 is 1. The summed E-state index contributed by atoms with van der Waals surface area (Å²) in [6.45, 7) is 44.0. The standard InChI is InChI=1S/C7H14O2.C7H12O2.C6H6O2S.3C4H9O.C4H8O.2C4H8.C3H6O.2C2H4O.2CH2O.3K.Na.H2/c2*1-2-4-7-8-5-3-6-9-7;7-9(8)6-4-2-1-3-5-6;3*1-4(2,3)5;1-2-3-4-5;3*1-3-4-2;2*1-2-3;2*1-2;;;;;/h7H,2-6H2,1H3;2,7H,1,3-6H2;1-5H,(H,7,8);3*1-3H3;4H,2-3H2,1H3;2*3-4H,1-2H3;3H,1H2,2H3;2*2H,1H3;2*1H2;;;;;1H/q;;;3*-1;;;;;;;;;4*+1;/p+1/b;;;;;;;4-3+;;;;;;;;;;;. The third-order valence-corrected chi connectivity index (χ3v) is 5.51. The zero-order valence-corrected chi connectivity index (χ0v) is 62.6. The van der Waals surface area contributed by atoms with Gasteiger partial charge in [-0.2, -0.15) is 0 Å². The van der Waals surface area contributed by atoms with Gasteiger partial charge in [0, 0.05) is 19.2 Å². The maximum Gasteiger partial charge on any atom is 1.00 e. The van der Waals surface area contributed by atoms with Gasteiger partial charge in [0.15, 0.2) is 12.6 Å². The largest absolute Gasteiger partial charge is 1.00 e. The first-order chi connectivity index (χ1) is 32.2. The second-order valence-corrected chi connectivity index (χ2v) is 16.4. The number of carbonyl (C=O) groups excluding carboxylic acids is 5. The molecule has 20 heteroatoms. The van der Waals surface area contributed by atoms with Gasteiger partial charge in [-0.3, -0.25) is 4.21 Å². The Morgan fingerprint density at radius 2 is 0.904 bits per heavy atom. The number of carbonyl (C=O) groups is 5. The molecule has 0 bridgehead atoms. The van der Waals surface area contributed by atoms with Crippen LogP contribution in [-0.4, -0.2) is 104 Å². The average Bonchev–Trinajstić information content (AvgIpc) is 3.29. The Morgan fingerprint density at radius 3 is 1.05 bits per heavy atom. The van der Waals surface area contributed by atoms with Crippen LogP contribution in [-0.2, 0) is 58.7 Å². The van der Waals surface area contributed by atoms with Crippen LogP contribution in [0.3, 0.4) is 0 Å². The normalized spacial score (nSPS) is 11.8. The van der Waals surface area contributed by atoms with E-state index < -0.39 is 27.9 Å². The van der Waals surface area contributed by atoms with Crippen molar-refractivity contribution in [2.24, 2.45) is 0 Å². The Bertz CT molecular complexity index is 1130. The van der Waals surface area contributed by atoms with E-state index in [9.17, 15) is 28.9 Å². The van der Waals surface area contributed by atoms with Crippen LogP contribution in [0.4, 0.5) is 0 Å². The fourth-order valence-electron chi connectivity index (χ4n) is 2.40. The molecule has 2 saturated heterocycles. The first-order valence-corrected chi connectivity index (χ1v) is 23.7. The molecule has 73 heavy (non-hydrogen) atoms. The smallest absolute Gasteiger partial charge is 0.850 e.